The molecule has 0 bridgehead atoms. The molecule has 0 spiro atoms. The van der Waals surface area contributed by atoms with Gasteiger partial charge in [-0.1, -0.05) is 12.1 Å². The highest BCUT2D eigenvalue weighted by atomic mass is 32.2. The molecule has 0 aromatic heterocycles. The minimum Gasteiger partial charge on any atom is -0.452 e. The summed E-state index contributed by atoms with van der Waals surface area (Å²) in [5.41, 5.74) is 4.48. The van der Waals surface area contributed by atoms with E-state index in [-0.39, 0.29) is 16.1 Å². The molecule has 0 heterocycles. The fraction of sp³-hybridized carbons (Fsp3) is 0.0625. The van der Waals surface area contributed by atoms with E-state index in [1.807, 2.05) is 0 Å². The molecule has 0 aliphatic rings. The van der Waals surface area contributed by atoms with Crippen LogP contribution in [0.25, 0.3) is 0 Å². The number of imide groups is 1. The Hall–Kier alpha value is -3.47. The van der Waals surface area contributed by atoms with Gasteiger partial charge in [0.05, 0.1) is 16.1 Å². The number of ether oxygens (including phenoxy) is 1. The number of rotatable bonds is 6. The molecule has 0 fully saturated rings. The van der Waals surface area contributed by atoms with Gasteiger partial charge in [-0.15, -0.1) is 0 Å². The Balaban J connectivity index is 2.17. The Kier molecular flexibility index (Phi) is 6.08. The van der Waals surface area contributed by atoms with Crippen LogP contribution in [-0.4, -0.2) is 32.9 Å². The summed E-state index contributed by atoms with van der Waals surface area (Å²) >= 11 is 0. The minimum absolute atomic E-state index is 0.109. The summed E-state index contributed by atoms with van der Waals surface area (Å²) in [5, 5.41) is 1.71. The number of esters is 1. The summed E-state index contributed by atoms with van der Waals surface area (Å²) < 4.78 is 44.6. The van der Waals surface area contributed by atoms with Crippen LogP contribution in [0.2, 0.25) is 0 Å². The molecular formula is C16H14FN3O6S. The van der Waals surface area contributed by atoms with Gasteiger partial charge >= 0.3 is 12.0 Å². The number of halogens is 1. The lowest BCUT2D eigenvalue weighted by Crippen LogP contribution is -2.37. The molecular weight excluding hydrogens is 381 g/mol. The summed E-state index contributed by atoms with van der Waals surface area (Å²) in [5.74, 6) is -2.56. The predicted molar refractivity (Wildman–Crippen MR) is 91.7 cm³/mol. The summed E-state index contributed by atoms with van der Waals surface area (Å²) in [4.78, 5) is 33.7. The summed E-state index contributed by atoms with van der Waals surface area (Å²) in [6, 6.07) is 8.48. The van der Waals surface area contributed by atoms with E-state index >= 15 is 0 Å². The zero-order valence-corrected chi connectivity index (χ0v) is 14.5. The van der Waals surface area contributed by atoms with Gasteiger partial charge in [-0.2, -0.15) is 0 Å². The van der Waals surface area contributed by atoms with Crippen molar-refractivity contribution in [3.05, 3.63) is 59.9 Å². The molecule has 142 valence electrons. The van der Waals surface area contributed by atoms with Gasteiger partial charge in [0.2, 0.25) is 0 Å². The van der Waals surface area contributed by atoms with Crippen molar-refractivity contribution in [2.75, 3.05) is 11.3 Å². The molecule has 9 nitrogen and oxygen atoms in total. The zero-order valence-electron chi connectivity index (χ0n) is 13.6. The number of nitrogens with one attached hydrogen (secondary N) is 2. The first-order valence-corrected chi connectivity index (χ1v) is 8.81. The Bertz CT molecular complexity index is 976. The number of primary amides is 1. The SMILES string of the molecule is NC(=O)NC(=O)COC(=O)c1ccccc1NS(=O)(=O)c1ccc(F)cc1. The topological polar surface area (TPSA) is 145 Å². The maximum Gasteiger partial charge on any atom is 0.340 e. The Morgan fingerprint density at radius 2 is 1.67 bits per heavy atom. The molecule has 0 aliphatic heterocycles. The molecule has 0 atom stereocenters. The number of anilines is 1. The number of nitrogens with two attached hydrogens (primary N) is 1. The largest absolute Gasteiger partial charge is 0.452 e. The average molecular weight is 395 g/mol. The third-order valence-corrected chi connectivity index (χ3v) is 4.49. The molecule has 27 heavy (non-hydrogen) atoms. The van der Waals surface area contributed by atoms with Gasteiger partial charge in [0.15, 0.2) is 6.61 Å². The fourth-order valence-corrected chi connectivity index (χ4v) is 3.03. The van der Waals surface area contributed by atoms with Crippen molar-refractivity contribution in [2.45, 2.75) is 4.90 Å². The second kappa shape index (κ2) is 8.27. The van der Waals surface area contributed by atoms with Crippen LogP contribution >= 0.6 is 0 Å². The molecule has 0 radical (unpaired) electrons. The van der Waals surface area contributed by atoms with Crippen LogP contribution < -0.4 is 15.8 Å². The lowest BCUT2D eigenvalue weighted by atomic mass is 10.2. The van der Waals surface area contributed by atoms with Gasteiger partial charge in [0.25, 0.3) is 15.9 Å². The Morgan fingerprint density at radius 1 is 1.04 bits per heavy atom. The summed E-state index contributed by atoms with van der Waals surface area (Å²) in [7, 11) is -4.10. The number of benzene rings is 2. The van der Waals surface area contributed by atoms with Gasteiger partial charge in [0, 0.05) is 0 Å². The van der Waals surface area contributed by atoms with Crippen molar-refractivity contribution in [3.8, 4) is 0 Å². The molecule has 0 unspecified atom stereocenters. The Labute approximate surface area is 153 Å². The van der Waals surface area contributed by atoms with E-state index in [2.05, 4.69) is 4.72 Å². The second-order valence-corrected chi connectivity index (χ2v) is 6.78. The van der Waals surface area contributed by atoms with E-state index in [1.54, 1.807) is 5.32 Å². The summed E-state index contributed by atoms with van der Waals surface area (Å²) in [6.45, 7) is -0.791. The maximum absolute atomic E-state index is 13.0. The number of para-hydroxylation sites is 1. The first kappa shape index (κ1) is 19.8. The van der Waals surface area contributed by atoms with Crippen LogP contribution in [0.1, 0.15) is 10.4 Å². The number of amides is 3. The van der Waals surface area contributed by atoms with Crippen molar-refractivity contribution in [2.24, 2.45) is 5.73 Å². The van der Waals surface area contributed by atoms with E-state index in [0.717, 1.165) is 24.3 Å². The minimum atomic E-state index is -4.10. The van der Waals surface area contributed by atoms with E-state index in [1.165, 1.54) is 24.3 Å². The Morgan fingerprint density at radius 3 is 2.30 bits per heavy atom. The van der Waals surface area contributed by atoms with Crippen molar-refractivity contribution >= 4 is 33.6 Å². The lowest BCUT2D eigenvalue weighted by molar-refractivity contribution is -0.123. The third-order valence-electron chi connectivity index (χ3n) is 3.11. The number of carbonyl (C=O) groups excluding carboxylic acids is 3. The zero-order chi connectivity index (χ0) is 20.0. The van der Waals surface area contributed by atoms with Crippen LogP contribution in [-0.2, 0) is 19.6 Å². The predicted octanol–water partition coefficient (Wildman–Crippen LogP) is 0.978. The van der Waals surface area contributed by atoms with Crippen molar-refractivity contribution in [3.63, 3.8) is 0 Å². The van der Waals surface area contributed by atoms with Gasteiger partial charge < -0.3 is 10.5 Å². The normalized spacial score (nSPS) is 10.7. The van der Waals surface area contributed by atoms with Gasteiger partial charge in [0.1, 0.15) is 5.82 Å². The van der Waals surface area contributed by atoms with Crippen LogP contribution in [0, 0.1) is 5.82 Å². The number of urea groups is 1. The van der Waals surface area contributed by atoms with Crippen LogP contribution in [0.5, 0.6) is 0 Å². The number of carbonyl (C=O) groups is 3. The fourth-order valence-electron chi connectivity index (χ4n) is 1.95. The van der Waals surface area contributed by atoms with Crippen molar-refractivity contribution < 1.29 is 31.9 Å². The van der Waals surface area contributed by atoms with Crippen molar-refractivity contribution in [1.29, 1.82) is 0 Å². The van der Waals surface area contributed by atoms with E-state index < -0.39 is 40.4 Å². The lowest BCUT2D eigenvalue weighted by Gasteiger charge is -2.12. The molecule has 0 saturated heterocycles. The standard InChI is InChI=1S/C16H14FN3O6S/c17-10-5-7-11(8-6-10)27(24,25)20-13-4-2-1-3-12(13)15(22)26-9-14(21)19-16(18)23/h1-8,20H,9H2,(H3,18,19,21,23). The van der Waals surface area contributed by atoms with E-state index in [4.69, 9.17) is 10.5 Å². The monoisotopic (exact) mass is 395 g/mol. The molecule has 11 heteroatoms. The van der Waals surface area contributed by atoms with Gasteiger partial charge in [-0.3, -0.25) is 14.8 Å². The molecule has 2 aromatic rings. The molecule has 0 aliphatic carbocycles. The second-order valence-electron chi connectivity index (χ2n) is 5.09. The first-order chi connectivity index (χ1) is 12.7. The van der Waals surface area contributed by atoms with Crippen LogP contribution in [0.15, 0.2) is 53.4 Å². The quantitative estimate of drug-likeness (QED) is 0.622. The molecule has 2 rings (SSSR count). The van der Waals surface area contributed by atoms with E-state index in [0.29, 0.717) is 0 Å². The maximum atomic E-state index is 13.0. The third kappa shape index (κ3) is 5.51. The van der Waals surface area contributed by atoms with E-state index in [9.17, 15) is 27.2 Å². The first-order valence-electron chi connectivity index (χ1n) is 7.33. The smallest absolute Gasteiger partial charge is 0.340 e. The van der Waals surface area contributed by atoms with Gasteiger partial charge in [-0.25, -0.2) is 22.4 Å². The number of hydrogen-bond acceptors (Lipinski definition) is 6. The van der Waals surface area contributed by atoms with Crippen molar-refractivity contribution in [1.82, 2.24) is 5.32 Å². The number of hydrogen-bond donors (Lipinski definition) is 3. The molecule has 2 aromatic carbocycles. The highest BCUT2D eigenvalue weighted by molar-refractivity contribution is 7.92. The average Bonchev–Trinajstić information content (AvgIpc) is 2.59. The highest BCUT2D eigenvalue weighted by Crippen LogP contribution is 2.21. The van der Waals surface area contributed by atoms with Crippen LogP contribution in [0.3, 0.4) is 0 Å². The summed E-state index contributed by atoms with van der Waals surface area (Å²) in [6.07, 6.45) is 0. The molecule has 3 amide bonds. The molecule has 4 N–H and O–H groups in total. The number of sulfonamides is 1. The van der Waals surface area contributed by atoms with Crippen LogP contribution in [0.4, 0.5) is 14.9 Å². The highest BCUT2D eigenvalue weighted by Gasteiger charge is 2.20. The molecule has 0 saturated carbocycles. The van der Waals surface area contributed by atoms with Gasteiger partial charge in [-0.05, 0) is 36.4 Å².